The molecule has 1 aromatic heterocycles. The van der Waals surface area contributed by atoms with Crippen LogP contribution in [0.25, 0.3) is 0 Å². The highest BCUT2D eigenvalue weighted by Gasteiger charge is 2.62. The molecule has 1 N–H and O–H groups in total. The fourth-order valence-electron chi connectivity index (χ4n) is 2.64. The number of hydrogen-bond acceptors (Lipinski definition) is 7. The Balaban J connectivity index is 1.94. The SMILES string of the molecule is Cc1cn([C@@H]2O[C@@H]3CO[P@](=S)(OC(C)C)O[C@H]3[C@@]2(F)Cl)c(=O)[nH]c1=O. The van der Waals surface area contributed by atoms with Crippen molar-refractivity contribution < 1.29 is 22.7 Å². The topological polar surface area (TPSA) is 91.8 Å². The Labute approximate surface area is 152 Å². The van der Waals surface area contributed by atoms with Gasteiger partial charge in [-0.3, -0.25) is 18.9 Å². The third-order valence-electron chi connectivity index (χ3n) is 3.73. The monoisotopic (exact) mass is 414 g/mol. The van der Waals surface area contributed by atoms with Crippen LogP contribution in [0.3, 0.4) is 0 Å². The van der Waals surface area contributed by atoms with E-state index in [2.05, 4.69) is 4.98 Å². The van der Waals surface area contributed by atoms with Crippen LogP contribution >= 0.6 is 18.3 Å². The Kier molecular flexibility index (Phi) is 5.00. The number of aromatic amines is 1. The molecule has 5 atom stereocenters. The number of nitrogens with one attached hydrogen (secondary N) is 1. The molecule has 2 fully saturated rings. The van der Waals surface area contributed by atoms with Gasteiger partial charge in [0.05, 0.1) is 12.7 Å². The quantitative estimate of drug-likeness (QED) is 0.594. The van der Waals surface area contributed by atoms with Gasteiger partial charge in [0, 0.05) is 11.8 Å². The van der Waals surface area contributed by atoms with Gasteiger partial charge in [-0.05, 0) is 32.6 Å². The minimum Gasteiger partial charge on any atom is -0.344 e. The van der Waals surface area contributed by atoms with E-state index in [0.29, 0.717) is 0 Å². The summed E-state index contributed by atoms with van der Waals surface area (Å²) in [7, 11) is 0. The minimum absolute atomic E-state index is 0.0827. The number of ether oxygens (including phenoxy) is 1. The van der Waals surface area contributed by atoms with Gasteiger partial charge in [-0.15, -0.1) is 0 Å². The zero-order valence-electron chi connectivity index (χ0n) is 13.6. The normalized spacial score (nSPS) is 38.1. The third-order valence-corrected chi connectivity index (χ3v) is 6.59. The van der Waals surface area contributed by atoms with E-state index in [-0.39, 0.29) is 18.3 Å². The lowest BCUT2D eigenvalue weighted by molar-refractivity contribution is -0.0657. The molecule has 0 amide bonds. The van der Waals surface area contributed by atoms with E-state index in [1.54, 1.807) is 13.8 Å². The molecule has 3 heterocycles. The molecule has 0 aromatic carbocycles. The van der Waals surface area contributed by atoms with Crippen molar-refractivity contribution in [2.24, 2.45) is 0 Å². The highest BCUT2D eigenvalue weighted by Crippen LogP contribution is 2.61. The van der Waals surface area contributed by atoms with Crippen LogP contribution in [0.5, 0.6) is 0 Å². The summed E-state index contributed by atoms with van der Waals surface area (Å²) in [5, 5.41) is -2.60. The summed E-state index contributed by atoms with van der Waals surface area (Å²) in [5.41, 5.74) is -1.22. The second-order valence-electron chi connectivity index (χ2n) is 6.10. The van der Waals surface area contributed by atoms with Crippen molar-refractivity contribution in [3.05, 3.63) is 32.6 Å². The molecule has 140 valence electrons. The maximum atomic E-state index is 15.3. The largest absolute Gasteiger partial charge is 0.344 e. The number of nitrogens with zero attached hydrogens (tertiary/aromatic N) is 1. The average Bonchev–Trinajstić information content (AvgIpc) is 2.73. The standard InChI is InChI=1S/C13H17ClFN2O6PS/c1-6(2)22-24(25)20-5-8-9(23-24)13(14,15)11(21-8)17-4-7(3)10(18)16-12(17)19/h4,6,8-9,11H,5H2,1-3H3,(H,16,18,19)/t8-,9-,11-,13+,24+/m1/s1. The van der Waals surface area contributed by atoms with E-state index in [9.17, 15) is 9.59 Å². The van der Waals surface area contributed by atoms with Crippen molar-refractivity contribution in [2.75, 3.05) is 6.61 Å². The van der Waals surface area contributed by atoms with E-state index in [0.717, 1.165) is 4.57 Å². The van der Waals surface area contributed by atoms with Crippen LogP contribution in [0.2, 0.25) is 0 Å². The van der Waals surface area contributed by atoms with Crippen molar-refractivity contribution in [2.45, 2.75) is 50.4 Å². The number of aromatic nitrogens is 2. The number of alkyl halides is 2. The summed E-state index contributed by atoms with van der Waals surface area (Å²) >= 11 is 11.3. The molecule has 0 bridgehead atoms. The second-order valence-corrected chi connectivity index (χ2v) is 9.60. The van der Waals surface area contributed by atoms with E-state index in [4.69, 9.17) is 41.7 Å². The van der Waals surface area contributed by atoms with Crippen LogP contribution in [-0.2, 0) is 30.1 Å². The lowest BCUT2D eigenvalue weighted by Gasteiger charge is -2.35. The van der Waals surface area contributed by atoms with Gasteiger partial charge < -0.3 is 13.8 Å². The smallest absolute Gasteiger partial charge is 0.330 e. The van der Waals surface area contributed by atoms with Gasteiger partial charge in [0.2, 0.25) is 0 Å². The summed E-state index contributed by atoms with van der Waals surface area (Å²) in [6.45, 7) is 1.69. The van der Waals surface area contributed by atoms with Crippen molar-refractivity contribution in [3.8, 4) is 0 Å². The minimum atomic E-state index is -3.18. The fraction of sp³-hybridized carbons (Fsp3) is 0.692. The lowest BCUT2D eigenvalue weighted by Crippen LogP contribution is -2.45. The molecule has 2 aliphatic heterocycles. The van der Waals surface area contributed by atoms with Crippen LogP contribution in [0.1, 0.15) is 25.6 Å². The highest BCUT2D eigenvalue weighted by molar-refractivity contribution is 8.07. The third kappa shape index (κ3) is 3.49. The van der Waals surface area contributed by atoms with Gasteiger partial charge in [0.25, 0.3) is 10.7 Å². The van der Waals surface area contributed by atoms with Crippen LogP contribution in [0.4, 0.5) is 4.39 Å². The van der Waals surface area contributed by atoms with Gasteiger partial charge in [0.1, 0.15) is 12.2 Å². The molecular formula is C13H17ClFN2O6PS. The number of rotatable bonds is 3. The average molecular weight is 415 g/mol. The van der Waals surface area contributed by atoms with Gasteiger partial charge in [-0.1, -0.05) is 11.6 Å². The Bertz CT molecular complexity index is 843. The van der Waals surface area contributed by atoms with Crippen molar-refractivity contribution in [1.82, 2.24) is 9.55 Å². The van der Waals surface area contributed by atoms with E-state index in [1.807, 2.05) is 0 Å². The molecule has 0 spiro atoms. The number of aryl methyl sites for hydroxylation is 1. The zero-order valence-corrected chi connectivity index (χ0v) is 16.1. The predicted molar refractivity (Wildman–Crippen MR) is 91.0 cm³/mol. The van der Waals surface area contributed by atoms with E-state index >= 15 is 4.39 Å². The summed E-state index contributed by atoms with van der Waals surface area (Å²) in [4.78, 5) is 25.6. The van der Waals surface area contributed by atoms with Crippen LogP contribution < -0.4 is 11.2 Å². The molecule has 2 aliphatic rings. The first kappa shape index (κ1) is 19.2. The molecule has 25 heavy (non-hydrogen) atoms. The number of hydrogen-bond donors (Lipinski definition) is 1. The number of H-pyrrole nitrogens is 1. The maximum absolute atomic E-state index is 15.3. The highest BCUT2D eigenvalue weighted by atomic mass is 35.5. The maximum Gasteiger partial charge on any atom is 0.330 e. The van der Waals surface area contributed by atoms with Gasteiger partial charge >= 0.3 is 12.4 Å². The van der Waals surface area contributed by atoms with Crippen LogP contribution in [0.15, 0.2) is 15.8 Å². The summed E-state index contributed by atoms with van der Waals surface area (Å²) < 4.78 is 38.2. The second kappa shape index (κ2) is 6.53. The summed E-state index contributed by atoms with van der Waals surface area (Å²) in [5.74, 6) is 0. The Morgan fingerprint density at radius 3 is 2.88 bits per heavy atom. The molecule has 0 aliphatic carbocycles. The molecule has 2 saturated heterocycles. The zero-order chi connectivity index (χ0) is 18.6. The first-order chi connectivity index (χ1) is 11.5. The molecule has 8 nitrogen and oxygen atoms in total. The molecule has 0 saturated carbocycles. The number of halogens is 2. The first-order valence-electron chi connectivity index (χ1n) is 7.50. The molecule has 1 aromatic rings. The first-order valence-corrected chi connectivity index (χ1v) is 10.4. The Morgan fingerprint density at radius 2 is 2.24 bits per heavy atom. The Morgan fingerprint density at radius 1 is 1.56 bits per heavy atom. The molecule has 0 radical (unpaired) electrons. The molecule has 12 heteroatoms. The number of fused-ring (bicyclic) bond motifs is 1. The predicted octanol–water partition coefficient (Wildman–Crippen LogP) is 1.71. The van der Waals surface area contributed by atoms with Gasteiger partial charge in [0.15, 0.2) is 6.23 Å². The summed E-state index contributed by atoms with van der Waals surface area (Å²) in [6.07, 6.45) is -2.78. The van der Waals surface area contributed by atoms with Gasteiger partial charge in [-0.25, -0.2) is 9.18 Å². The van der Waals surface area contributed by atoms with E-state index < -0.39 is 41.5 Å². The molecule has 3 rings (SSSR count). The summed E-state index contributed by atoms with van der Waals surface area (Å²) in [6, 6.07) is 0. The Hall–Kier alpha value is -0.610. The molecule has 0 unspecified atom stereocenters. The lowest BCUT2D eigenvalue weighted by atomic mass is 10.1. The van der Waals surface area contributed by atoms with Crippen molar-refractivity contribution in [3.63, 3.8) is 0 Å². The van der Waals surface area contributed by atoms with Crippen molar-refractivity contribution >= 4 is 30.1 Å². The fourth-order valence-corrected chi connectivity index (χ4v) is 5.61. The molecular weight excluding hydrogens is 398 g/mol. The van der Waals surface area contributed by atoms with E-state index in [1.165, 1.54) is 13.1 Å². The van der Waals surface area contributed by atoms with Crippen LogP contribution in [-0.4, -0.2) is 39.6 Å². The van der Waals surface area contributed by atoms with Crippen LogP contribution in [0, 0.1) is 6.92 Å². The van der Waals surface area contributed by atoms with Crippen molar-refractivity contribution in [1.29, 1.82) is 0 Å². The van der Waals surface area contributed by atoms with Gasteiger partial charge in [-0.2, -0.15) is 0 Å².